The lowest BCUT2D eigenvalue weighted by molar-refractivity contribution is -0.0610. The molecule has 1 aliphatic heterocycles. The van der Waals surface area contributed by atoms with E-state index in [4.69, 9.17) is 15.6 Å². The van der Waals surface area contributed by atoms with Crippen LogP contribution in [0.15, 0.2) is 17.1 Å². The van der Waals surface area contributed by atoms with Gasteiger partial charge in [-0.3, -0.25) is 4.57 Å². The van der Waals surface area contributed by atoms with Gasteiger partial charge in [-0.2, -0.15) is 4.98 Å². The number of hydrogen-bond donors (Lipinski definition) is 3. The predicted octanol–water partition coefficient (Wildman–Crippen LogP) is -1.20. The fourth-order valence-electron chi connectivity index (χ4n) is 1.97. The Balaban J connectivity index is 2.42. The summed E-state index contributed by atoms with van der Waals surface area (Å²) in [5.41, 5.74) is 2.33. The zero-order chi connectivity index (χ0) is 13.5. The van der Waals surface area contributed by atoms with Crippen molar-refractivity contribution in [3.63, 3.8) is 0 Å². The lowest BCUT2D eigenvalue weighted by Crippen LogP contribution is -2.42. The maximum Gasteiger partial charge on any atom is 0.351 e. The average molecular weight is 259 g/mol. The minimum atomic E-state index is -2.21. The number of nitrogen functional groups attached to an aromatic ring is 1. The molecule has 100 valence electrons. The highest BCUT2D eigenvalue weighted by molar-refractivity contribution is 5.23. The zero-order valence-corrected chi connectivity index (χ0v) is 9.65. The Morgan fingerprint density at radius 2 is 2.39 bits per heavy atom. The van der Waals surface area contributed by atoms with Crippen LogP contribution in [0, 0.1) is 0 Å². The van der Waals surface area contributed by atoms with Gasteiger partial charge < -0.3 is 20.7 Å². The molecule has 2 heterocycles. The molecule has 4 atom stereocenters. The number of anilines is 1. The fourth-order valence-corrected chi connectivity index (χ4v) is 1.97. The highest BCUT2D eigenvalue weighted by Gasteiger charge is 2.55. The summed E-state index contributed by atoms with van der Waals surface area (Å²) in [5.74, 6) is 0.00839. The van der Waals surface area contributed by atoms with Crippen LogP contribution in [0.2, 0.25) is 0 Å². The van der Waals surface area contributed by atoms with Crippen LogP contribution >= 0.6 is 0 Å². The molecule has 7 nitrogen and oxygen atoms in total. The van der Waals surface area contributed by atoms with Gasteiger partial charge in [0.2, 0.25) is 0 Å². The van der Waals surface area contributed by atoms with E-state index in [2.05, 4.69) is 4.98 Å². The summed E-state index contributed by atoms with van der Waals surface area (Å²) >= 11 is 0. The number of rotatable bonds is 2. The molecule has 1 saturated heterocycles. The zero-order valence-electron chi connectivity index (χ0n) is 9.65. The predicted molar refractivity (Wildman–Crippen MR) is 59.4 cm³/mol. The normalized spacial score (nSPS) is 35.9. The Hall–Kier alpha value is -1.51. The van der Waals surface area contributed by atoms with Crippen molar-refractivity contribution in [3.8, 4) is 0 Å². The van der Waals surface area contributed by atoms with Crippen LogP contribution < -0.4 is 11.4 Å². The molecule has 0 spiro atoms. The molecule has 0 bridgehead atoms. The second-order valence-corrected chi connectivity index (χ2v) is 4.35. The summed E-state index contributed by atoms with van der Waals surface area (Å²) in [7, 11) is 0. The number of aliphatic hydroxyl groups excluding tert-OH is 2. The van der Waals surface area contributed by atoms with Crippen molar-refractivity contribution in [2.75, 3.05) is 12.3 Å². The van der Waals surface area contributed by atoms with Crippen molar-refractivity contribution in [2.24, 2.45) is 0 Å². The number of nitrogens with two attached hydrogens (primary N) is 1. The van der Waals surface area contributed by atoms with Gasteiger partial charge in [-0.1, -0.05) is 0 Å². The van der Waals surface area contributed by atoms with Gasteiger partial charge in [-0.05, 0) is 13.0 Å². The molecule has 4 N–H and O–H groups in total. The van der Waals surface area contributed by atoms with Crippen molar-refractivity contribution < 1.29 is 19.3 Å². The Bertz CT molecular complexity index is 504. The highest BCUT2D eigenvalue weighted by atomic mass is 19.1. The van der Waals surface area contributed by atoms with Gasteiger partial charge in [0.1, 0.15) is 18.0 Å². The van der Waals surface area contributed by atoms with Crippen LogP contribution in [0.5, 0.6) is 0 Å². The van der Waals surface area contributed by atoms with E-state index in [1.807, 2.05) is 0 Å². The maximum absolute atomic E-state index is 14.4. The molecule has 0 amide bonds. The van der Waals surface area contributed by atoms with E-state index in [0.717, 1.165) is 11.5 Å². The number of aliphatic hydroxyl groups is 2. The molecule has 0 aliphatic carbocycles. The standard InChI is InChI=1S/C10H14FN3O4/c1-10(11)7(16)5(4-15)18-8(10)14-3-2-6(12)13-9(14)17/h2-3,5,7-8,15-16H,4H2,1H3,(H2,12,13,17)/t5-,7-,8-,10+/m1/s1. The van der Waals surface area contributed by atoms with Gasteiger partial charge in [0.05, 0.1) is 6.61 Å². The van der Waals surface area contributed by atoms with E-state index in [9.17, 15) is 14.3 Å². The third kappa shape index (κ3) is 1.88. The number of nitrogens with zero attached hydrogens (tertiary/aromatic N) is 2. The lowest BCUT2D eigenvalue weighted by Gasteiger charge is -2.24. The van der Waals surface area contributed by atoms with Crippen molar-refractivity contribution in [2.45, 2.75) is 31.0 Å². The molecule has 18 heavy (non-hydrogen) atoms. The Kier molecular flexibility index (Phi) is 3.09. The van der Waals surface area contributed by atoms with E-state index in [0.29, 0.717) is 0 Å². The molecule has 0 unspecified atom stereocenters. The summed E-state index contributed by atoms with van der Waals surface area (Å²) in [6.07, 6.45) is -2.74. The van der Waals surface area contributed by atoms with Crippen LogP contribution in [0.25, 0.3) is 0 Å². The second kappa shape index (κ2) is 4.30. The van der Waals surface area contributed by atoms with E-state index in [-0.39, 0.29) is 5.82 Å². The Labute approximate surface area is 102 Å². The molecular formula is C10H14FN3O4. The molecule has 0 aromatic carbocycles. The van der Waals surface area contributed by atoms with E-state index >= 15 is 0 Å². The SMILES string of the molecule is C[C@]1(F)[C@H](O)[C@@H](CO)O[C@H]1n1ccc(N)nc1=O. The van der Waals surface area contributed by atoms with Gasteiger partial charge in [0.25, 0.3) is 0 Å². The Morgan fingerprint density at radius 3 is 2.89 bits per heavy atom. The molecule has 0 saturated carbocycles. The quantitative estimate of drug-likeness (QED) is 0.615. The smallest absolute Gasteiger partial charge is 0.351 e. The van der Waals surface area contributed by atoms with E-state index in [1.165, 1.54) is 12.3 Å². The summed E-state index contributed by atoms with van der Waals surface area (Å²) in [4.78, 5) is 15.1. The first-order valence-electron chi connectivity index (χ1n) is 5.36. The molecular weight excluding hydrogens is 245 g/mol. The molecule has 1 fully saturated rings. The van der Waals surface area contributed by atoms with Crippen molar-refractivity contribution >= 4 is 5.82 Å². The van der Waals surface area contributed by atoms with Gasteiger partial charge >= 0.3 is 5.69 Å². The minimum absolute atomic E-state index is 0.00839. The fraction of sp³-hybridized carbons (Fsp3) is 0.600. The number of halogens is 1. The van der Waals surface area contributed by atoms with Crippen LogP contribution in [0.4, 0.5) is 10.2 Å². The average Bonchev–Trinajstić information content (AvgIpc) is 2.52. The van der Waals surface area contributed by atoms with Crippen molar-refractivity contribution in [1.82, 2.24) is 9.55 Å². The first-order chi connectivity index (χ1) is 8.37. The summed E-state index contributed by atoms with van der Waals surface area (Å²) in [5, 5.41) is 18.6. The minimum Gasteiger partial charge on any atom is -0.394 e. The van der Waals surface area contributed by atoms with Crippen LogP contribution in [0.3, 0.4) is 0 Å². The van der Waals surface area contributed by atoms with Gasteiger partial charge in [-0.25, -0.2) is 9.18 Å². The first-order valence-corrected chi connectivity index (χ1v) is 5.36. The van der Waals surface area contributed by atoms with Gasteiger partial charge in [0.15, 0.2) is 11.9 Å². The van der Waals surface area contributed by atoms with Crippen LogP contribution in [-0.2, 0) is 4.74 Å². The van der Waals surface area contributed by atoms with E-state index < -0.39 is 36.4 Å². The summed E-state index contributed by atoms with van der Waals surface area (Å²) < 4.78 is 20.4. The molecule has 2 rings (SSSR count). The van der Waals surface area contributed by atoms with Crippen molar-refractivity contribution in [1.29, 1.82) is 0 Å². The Morgan fingerprint density at radius 1 is 1.72 bits per heavy atom. The van der Waals surface area contributed by atoms with Gasteiger partial charge in [-0.15, -0.1) is 0 Å². The highest BCUT2D eigenvalue weighted by Crippen LogP contribution is 2.40. The number of aromatic nitrogens is 2. The van der Waals surface area contributed by atoms with Gasteiger partial charge in [0, 0.05) is 6.20 Å². The summed E-state index contributed by atoms with van der Waals surface area (Å²) in [6.45, 7) is 0.551. The van der Waals surface area contributed by atoms with Crippen LogP contribution in [-0.4, -0.2) is 44.2 Å². The topological polar surface area (TPSA) is 111 Å². The third-order valence-electron chi connectivity index (χ3n) is 3.00. The monoisotopic (exact) mass is 259 g/mol. The number of hydrogen-bond acceptors (Lipinski definition) is 6. The lowest BCUT2D eigenvalue weighted by atomic mass is 9.98. The molecule has 8 heteroatoms. The van der Waals surface area contributed by atoms with Crippen LogP contribution in [0.1, 0.15) is 13.2 Å². The second-order valence-electron chi connectivity index (χ2n) is 4.35. The maximum atomic E-state index is 14.4. The largest absolute Gasteiger partial charge is 0.394 e. The molecule has 1 aliphatic rings. The van der Waals surface area contributed by atoms with E-state index in [1.54, 1.807) is 0 Å². The first kappa shape index (κ1) is 12.9. The summed E-state index contributed by atoms with van der Waals surface area (Å²) in [6, 6.07) is 1.32. The van der Waals surface area contributed by atoms with Crippen molar-refractivity contribution in [3.05, 3.63) is 22.7 Å². The third-order valence-corrected chi connectivity index (χ3v) is 3.00. The number of ether oxygens (including phenoxy) is 1. The number of alkyl halides is 1. The molecule has 1 aromatic heterocycles. The molecule has 0 radical (unpaired) electrons. The molecule has 1 aromatic rings.